The van der Waals surface area contributed by atoms with Crippen molar-refractivity contribution < 1.29 is 19.7 Å². The molecule has 190 valence electrons. The van der Waals surface area contributed by atoms with E-state index in [0.717, 1.165) is 0 Å². The minimum atomic E-state index is -0.540. The second-order valence-corrected chi connectivity index (χ2v) is 9.40. The third-order valence-corrected chi connectivity index (χ3v) is 6.81. The molecule has 1 amide bonds. The van der Waals surface area contributed by atoms with Gasteiger partial charge in [-0.05, 0) is 25.0 Å². The highest BCUT2D eigenvalue weighted by atomic mass is 35.5. The molecule has 11 nitrogen and oxygen atoms in total. The molecule has 0 spiro atoms. The molecule has 12 heteroatoms. The number of aromatic amines is 1. The van der Waals surface area contributed by atoms with E-state index in [4.69, 9.17) is 16.3 Å². The van der Waals surface area contributed by atoms with Crippen LogP contribution in [0.5, 0.6) is 11.6 Å². The van der Waals surface area contributed by atoms with Crippen LogP contribution < -0.4 is 10.1 Å². The van der Waals surface area contributed by atoms with Crippen LogP contribution in [0.2, 0.25) is 5.02 Å². The first-order valence-electron chi connectivity index (χ1n) is 11.8. The highest BCUT2D eigenvalue weighted by molar-refractivity contribution is 6.32. The molecule has 1 aromatic carbocycles. The highest BCUT2D eigenvalue weighted by Crippen LogP contribution is 2.32. The van der Waals surface area contributed by atoms with Gasteiger partial charge in [0.2, 0.25) is 5.91 Å². The lowest BCUT2D eigenvalue weighted by molar-refractivity contribution is -0.134. The van der Waals surface area contributed by atoms with Crippen molar-refractivity contribution in [2.45, 2.75) is 25.0 Å². The molecule has 3 aromatic rings. The zero-order valence-corrected chi connectivity index (χ0v) is 20.6. The largest absolute Gasteiger partial charge is 0.494 e. The first-order valence-corrected chi connectivity index (χ1v) is 12.2. The fraction of sp³-hybridized carbons (Fsp3) is 0.417. The molecule has 0 radical (unpaired) electrons. The number of aliphatic imine (C=N–C) groups is 1. The number of anilines is 1. The maximum Gasteiger partial charge on any atom is 0.239 e. The van der Waals surface area contributed by atoms with Gasteiger partial charge in [-0.25, -0.2) is 9.97 Å². The first kappa shape index (κ1) is 24.3. The number of carbonyl (C=O) groups excluding carboxylic acids is 1. The van der Waals surface area contributed by atoms with E-state index < -0.39 is 6.10 Å². The van der Waals surface area contributed by atoms with E-state index in [1.165, 1.54) is 6.33 Å². The van der Waals surface area contributed by atoms with Gasteiger partial charge < -0.3 is 30.2 Å². The molecule has 2 atom stereocenters. The average Bonchev–Trinajstić information content (AvgIpc) is 3.39. The minimum absolute atomic E-state index is 0.0390. The molecule has 1 saturated heterocycles. The quantitative estimate of drug-likeness (QED) is 0.358. The highest BCUT2D eigenvalue weighted by Gasteiger charge is 2.36. The number of aromatic hydroxyl groups is 1. The summed E-state index contributed by atoms with van der Waals surface area (Å²) in [7, 11) is 1.75. The smallest absolute Gasteiger partial charge is 0.239 e. The van der Waals surface area contributed by atoms with Crippen LogP contribution in [0, 0.1) is 0 Å². The number of ether oxygens (including phenoxy) is 1. The van der Waals surface area contributed by atoms with E-state index in [0.29, 0.717) is 84.5 Å². The third kappa shape index (κ3) is 4.95. The number of amides is 1. The monoisotopic (exact) mass is 513 g/mol. The molecule has 2 bridgehead atoms. The Hall–Kier alpha value is -3.41. The third-order valence-electron chi connectivity index (χ3n) is 6.50. The summed E-state index contributed by atoms with van der Waals surface area (Å²) >= 11 is 6.33. The molecule has 2 aliphatic heterocycles. The van der Waals surface area contributed by atoms with Crippen molar-refractivity contribution in [3.63, 3.8) is 0 Å². The Morgan fingerprint density at radius 2 is 2.11 bits per heavy atom. The van der Waals surface area contributed by atoms with Gasteiger partial charge in [-0.3, -0.25) is 14.7 Å². The molecule has 36 heavy (non-hydrogen) atoms. The SMILES string of the molecule is CN1CCNc2ncnc3[nH]c(O)c(c23)C=Nc2ccc(Cl)c(c2)OCCCN2C[C@H](O)C[C@@H]2C1=O. The average molecular weight is 514 g/mol. The Balaban J connectivity index is 1.49. The van der Waals surface area contributed by atoms with Crippen molar-refractivity contribution in [1.29, 1.82) is 0 Å². The lowest BCUT2D eigenvalue weighted by Gasteiger charge is -2.27. The molecule has 5 rings (SSSR count). The van der Waals surface area contributed by atoms with Gasteiger partial charge in [0.15, 0.2) is 5.88 Å². The second kappa shape index (κ2) is 10.3. The lowest BCUT2D eigenvalue weighted by atomic mass is 10.1. The van der Waals surface area contributed by atoms with Crippen molar-refractivity contribution in [2.24, 2.45) is 4.99 Å². The Bertz CT molecular complexity index is 1300. The van der Waals surface area contributed by atoms with Crippen LogP contribution in [0.15, 0.2) is 29.5 Å². The number of fused-ring (bicyclic) bond motifs is 3. The molecular weight excluding hydrogens is 486 g/mol. The molecule has 1 fully saturated rings. The van der Waals surface area contributed by atoms with Gasteiger partial charge in [-0.1, -0.05) is 11.6 Å². The summed E-state index contributed by atoms with van der Waals surface area (Å²) in [6, 6.07) is 4.81. The molecule has 2 aliphatic rings. The number of benzene rings is 1. The maximum atomic E-state index is 13.2. The normalized spacial score (nSPS) is 21.9. The van der Waals surface area contributed by atoms with E-state index in [2.05, 4.69) is 25.3 Å². The van der Waals surface area contributed by atoms with Crippen LogP contribution in [-0.2, 0) is 4.79 Å². The molecule has 0 aliphatic carbocycles. The summed E-state index contributed by atoms with van der Waals surface area (Å²) in [6.45, 7) is 2.32. The Kier molecular flexibility index (Phi) is 6.95. The number of nitrogens with one attached hydrogen (secondary N) is 2. The van der Waals surface area contributed by atoms with E-state index in [1.807, 2.05) is 4.90 Å². The second-order valence-electron chi connectivity index (χ2n) is 8.99. The summed E-state index contributed by atoms with van der Waals surface area (Å²) in [5.74, 6) is 0.880. The summed E-state index contributed by atoms with van der Waals surface area (Å²) in [4.78, 5) is 32.8. The zero-order chi connectivity index (χ0) is 25.2. The van der Waals surface area contributed by atoms with Crippen LogP contribution in [0.1, 0.15) is 18.4 Å². The number of rotatable bonds is 0. The van der Waals surface area contributed by atoms with Crippen molar-refractivity contribution in [3.05, 3.63) is 35.1 Å². The van der Waals surface area contributed by atoms with Gasteiger partial charge in [0.1, 0.15) is 23.5 Å². The Labute approximate surface area is 212 Å². The van der Waals surface area contributed by atoms with Gasteiger partial charge >= 0.3 is 0 Å². The predicted molar refractivity (Wildman–Crippen MR) is 136 cm³/mol. The minimum Gasteiger partial charge on any atom is -0.494 e. The number of H-pyrrole nitrogens is 1. The number of aromatic nitrogens is 3. The van der Waals surface area contributed by atoms with Crippen molar-refractivity contribution in [1.82, 2.24) is 24.8 Å². The summed E-state index contributed by atoms with van der Waals surface area (Å²) < 4.78 is 5.91. The van der Waals surface area contributed by atoms with Crippen molar-refractivity contribution in [3.8, 4) is 11.6 Å². The zero-order valence-electron chi connectivity index (χ0n) is 19.8. The molecule has 4 N–H and O–H groups in total. The number of nitrogens with zero attached hydrogens (tertiary/aromatic N) is 5. The van der Waals surface area contributed by atoms with Crippen molar-refractivity contribution >= 4 is 46.3 Å². The number of aliphatic hydroxyl groups is 1. The Morgan fingerprint density at radius 1 is 1.25 bits per heavy atom. The maximum absolute atomic E-state index is 13.2. The number of likely N-dealkylation sites (N-methyl/N-ethyl adjacent to an activating group) is 1. The van der Waals surface area contributed by atoms with Gasteiger partial charge in [0.25, 0.3) is 0 Å². The number of carbonyl (C=O) groups is 1. The van der Waals surface area contributed by atoms with Crippen LogP contribution in [0.3, 0.4) is 0 Å². The van der Waals surface area contributed by atoms with E-state index >= 15 is 0 Å². The molecule has 0 unspecified atom stereocenters. The Morgan fingerprint density at radius 3 is 2.97 bits per heavy atom. The summed E-state index contributed by atoms with van der Waals surface area (Å²) in [5, 5.41) is 25.0. The fourth-order valence-corrected chi connectivity index (χ4v) is 4.83. The van der Waals surface area contributed by atoms with E-state index in [1.54, 1.807) is 36.4 Å². The van der Waals surface area contributed by atoms with Crippen LogP contribution in [0.4, 0.5) is 11.5 Å². The predicted octanol–water partition coefficient (Wildman–Crippen LogP) is 2.16. The van der Waals surface area contributed by atoms with Gasteiger partial charge in [-0.2, -0.15) is 0 Å². The topological polar surface area (TPSA) is 139 Å². The van der Waals surface area contributed by atoms with Gasteiger partial charge in [0, 0.05) is 45.5 Å². The summed E-state index contributed by atoms with van der Waals surface area (Å²) in [5.41, 5.74) is 1.49. The molecule has 0 saturated carbocycles. The van der Waals surface area contributed by atoms with E-state index in [-0.39, 0.29) is 17.8 Å². The van der Waals surface area contributed by atoms with Crippen molar-refractivity contribution in [2.75, 3.05) is 45.2 Å². The number of aliphatic hydroxyl groups excluding tert-OH is 1. The summed E-state index contributed by atoms with van der Waals surface area (Å²) in [6.07, 6.45) is 3.46. The number of halogens is 1. The lowest BCUT2D eigenvalue weighted by Crippen LogP contribution is -2.45. The molecule has 4 heterocycles. The van der Waals surface area contributed by atoms with Gasteiger partial charge in [-0.15, -0.1) is 0 Å². The molecule has 2 aromatic heterocycles. The molecular formula is C24H28ClN7O4. The number of hydrogen-bond acceptors (Lipinski definition) is 9. The van der Waals surface area contributed by atoms with Crippen LogP contribution in [0.25, 0.3) is 11.0 Å². The van der Waals surface area contributed by atoms with Gasteiger partial charge in [0.05, 0.1) is 40.4 Å². The number of hydrogen-bond donors (Lipinski definition) is 4. The fourth-order valence-electron chi connectivity index (χ4n) is 4.65. The van der Waals surface area contributed by atoms with Crippen LogP contribution >= 0.6 is 11.6 Å². The van der Waals surface area contributed by atoms with Crippen LogP contribution in [-0.4, -0.2) is 99.1 Å². The first-order chi connectivity index (χ1) is 17.4. The standard InChI is InChI=1S/C24H28ClN7O4/c1-31-7-5-26-21-20-16(23(34)30-22(20)29-13-28-21)11-27-14-3-4-17(25)19(9-14)36-8-2-6-32-12-15(33)10-18(32)24(31)35/h3-4,9,11,13,15,18,33-34H,2,5-8,10,12H2,1H3,(H2,26,28,29,30)/t15-,18-/m1/s1. The van der Waals surface area contributed by atoms with E-state index in [9.17, 15) is 15.0 Å².